The van der Waals surface area contributed by atoms with E-state index >= 15 is 0 Å². The van der Waals surface area contributed by atoms with Gasteiger partial charge in [0, 0.05) is 25.1 Å². The van der Waals surface area contributed by atoms with Crippen LogP contribution in [0.2, 0.25) is 0 Å². The molecule has 0 saturated carbocycles. The number of nitrogens with zero attached hydrogens (tertiary/aromatic N) is 3. The van der Waals surface area contributed by atoms with Crippen LogP contribution in [-0.2, 0) is 20.9 Å². The van der Waals surface area contributed by atoms with Gasteiger partial charge in [0.1, 0.15) is 0 Å². The summed E-state index contributed by atoms with van der Waals surface area (Å²) in [6.07, 6.45) is 0.788. The number of carbonyl (C=O) groups excluding carboxylic acids is 3. The smallest absolute Gasteiger partial charge is 0.335 e. The highest BCUT2D eigenvalue weighted by Crippen LogP contribution is 2.18. The van der Waals surface area contributed by atoms with Crippen molar-refractivity contribution in [3.8, 4) is 0 Å². The fourth-order valence-electron chi connectivity index (χ4n) is 2.16. The molecule has 22 heavy (non-hydrogen) atoms. The summed E-state index contributed by atoms with van der Waals surface area (Å²) in [7, 11) is 3.41. The standard InChI is InChI=1S/C14H19N3O4S/c1-15(6-4-7-21-2)10-17-13(19)12(18)16(14(17)20)9-11-5-3-8-22-11/h3,5,8H,4,6-7,9-10H2,1-2H3. The quantitative estimate of drug-likeness (QED) is 0.404. The maximum absolute atomic E-state index is 12.3. The summed E-state index contributed by atoms with van der Waals surface area (Å²) in [5.41, 5.74) is 0. The molecule has 0 atom stereocenters. The second-order valence-electron chi connectivity index (χ2n) is 5.05. The Bertz CT molecular complexity index is 546. The van der Waals surface area contributed by atoms with Crippen molar-refractivity contribution in [3.63, 3.8) is 0 Å². The molecule has 4 amide bonds. The van der Waals surface area contributed by atoms with Gasteiger partial charge in [-0.05, 0) is 24.9 Å². The molecule has 0 bridgehead atoms. The number of carbonyl (C=O) groups is 3. The summed E-state index contributed by atoms with van der Waals surface area (Å²) in [5, 5.41) is 1.86. The van der Waals surface area contributed by atoms with Crippen LogP contribution in [0.3, 0.4) is 0 Å². The average Bonchev–Trinajstić information content (AvgIpc) is 3.07. The molecule has 0 N–H and O–H groups in total. The van der Waals surface area contributed by atoms with Crippen LogP contribution in [0.25, 0.3) is 0 Å². The molecule has 0 aliphatic carbocycles. The Balaban J connectivity index is 1.96. The lowest BCUT2D eigenvalue weighted by Gasteiger charge is -2.22. The van der Waals surface area contributed by atoms with Crippen LogP contribution >= 0.6 is 11.3 Å². The van der Waals surface area contributed by atoms with Gasteiger partial charge < -0.3 is 4.74 Å². The highest BCUT2D eigenvalue weighted by Gasteiger charge is 2.44. The molecule has 0 aromatic carbocycles. The first-order valence-corrected chi connectivity index (χ1v) is 7.79. The van der Waals surface area contributed by atoms with Gasteiger partial charge in [-0.3, -0.25) is 19.4 Å². The summed E-state index contributed by atoms with van der Waals surface area (Å²) in [6.45, 7) is 1.53. The second-order valence-corrected chi connectivity index (χ2v) is 6.09. The highest BCUT2D eigenvalue weighted by molar-refractivity contribution is 7.09. The molecule has 7 nitrogen and oxygen atoms in total. The number of methoxy groups -OCH3 is 1. The molecule has 1 aliphatic heterocycles. The molecule has 1 saturated heterocycles. The number of hydrogen-bond acceptors (Lipinski definition) is 6. The molecule has 1 fully saturated rings. The van der Waals surface area contributed by atoms with E-state index in [2.05, 4.69) is 0 Å². The van der Waals surface area contributed by atoms with E-state index in [1.165, 1.54) is 11.3 Å². The predicted molar refractivity (Wildman–Crippen MR) is 81.1 cm³/mol. The number of urea groups is 1. The van der Waals surface area contributed by atoms with E-state index in [-0.39, 0.29) is 13.2 Å². The number of amides is 4. The lowest BCUT2D eigenvalue weighted by atomic mass is 10.4. The van der Waals surface area contributed by atoms with Crippen molar-refractivity contribution in [1.82, 2.24) is 14.7 Å². The molecule has 8 heteroatoms. The van der Waals surface area contributed by atoms with E-state index < -0.39 is 17.8 Å². The minimum atomic E-state index is -0.764. The Kier molecular flexibility index (Phi) is 5.64. The third-order valence-electron chi connectivity index (χ3n) is 3.30. The summed E-state index contributed by atoms with van der Waals surface area (Å²) >= 11 is 1.44. The molecule has 2 rings (SSSR count). The van der Waals surface area contributed by atoms with E-state index in [9.17, 15) is 14.4 Å². The Morgan fingerprint density at radius 2 is 1.95 bits per heavy atom. The molecule has 1 aliphatic rings. The van der Waals surface area contributed by atoms with Crippen LogP contribution in [-0.4, -0.2) is 66.5 Å². The molecular formula is C14H19N3O4S. The SMILES string of the molecule is COCCCN(C)CN1C(=O)C(=O)N(Cc2cccs2)C1=O. The van der Waals surface area contributed by atoms with Gasteiger partial charge in [-0.15, -0.1) is 11.3 Å². The number of ether oxygens (including phenoxy) is 1. The number of rotatable bonds is 8. The van der Waals surface area contributed by atoms with Crippen LogP contribution in [0.4, 0.5) is 4.79 Å². The molecule has 2 heterocycles. The molecule has 0 radical (unpaired) electrons. The zero-order valence-electron chi connectivity index (χ0n) is 12.7. The predicted octanol–water partition coefficient (Wildman–Crippen LogP) is 0.965. The van der Waals surface area contributed by atoms with Crippen LogP contribution in [0.15, 0.2) is 17.5 Å². The number of hydrogen-bond donors (Lipinski definition) is 0. The minimum Gasteiger partial charge on any atom is -0.385 e. The zero-order valence-corrected chi connectivity index (χ0v) is 13.5. The van der Waals surface area contributed by atoms with Crippen LogP contribution < -0.4 is 0 Å². The van der Waals surface area contributed by atoms with Gasteiger partial charge in [-0.2, -0.15) is 0 Å². The van der Waals surface area contributed by atoms with Crippen LogP contribution in [0, 0.1) is 0 Å². The third kappa shape index (κ3) is 3.70. The van der Waals surface area contributed by atoms with Gasteiger partial charge in [0.25, 0.3) is 0 Å². The molecule has 0 unspecified atom stereocenters. The van der Waals surface area contributed by atoms with Gasteiger partial charge >= 0.3 is 17.8 Å². The normalized spacial score (nSPS) is 15.5. The van der Waals surface area contributed by atoms with E-state index in [0.717, 1.165) is 21.1 Å². The Labute approximate surface area is 133 Å². The van der Waals surface area contributed by atoms with Gasteiger partial charge in [0.15, 0.2) is 0 Å². The first kappa shape index (κ1) is 16.6. The van der Waals surface area contributed by atoms with Crippen LogP contribution in [0.1, 0.15) is 11.3 Å². The van der Waals surface area contributed by atoms with Gasteiger partial charge in [-0.1, -0.05) is 6.07 Å². The fraction of sp³-hybridized carbons (Fsp3) is 0.500. The van der Waals surface area contributed by atoms with Crippen molar-refractivity contribution in [2.75, 3.05) is 34.0 Å². The fourth-order valence-corrected chi connectivity index (χ4v) is 2.86. The van der Waals surface area contributed by atoms with Crippen molar-refractivity contribution >= 4 is 29.2 Å². The molecule has 1 aromatic heterocycles. The lowest BCUT2D eigenvalue weighted by Crippen LogP contribution is -2.41. The summed E-state index contributed by atoms with van der Waals surface area (Å²) in [4.78, 5) is 40.9. The van der Waals surface area contributed by atoms with Crippen molar-refractivity contribution in [2.24, 2.45) is 0 Å². The largest absolute Gasteiger partial charge is 0.385 e. The lowest BCUT2D eigenvalue weighted by molar-refractivity contribution is -0.144. The van der Waals surface area contributed by atoms with Crippen molar-refractivity contribution < 1.29 is 19.1 Å². The molecule has 0 spiro atoms. The minimum absolute atomic E-state index is 0.105. The van der Waals surface area contributed by atoms with Crippen molar-refractivity contribution in [2.45, 2.75) is 13.0 Å². The first-order valence-electron chi connectivity index (χ1n) is 6.91. The number of imide groups is 2. The van der Waals surface area contributed by atoms with Crippen LogP contribution in [0.5, 0.6) is 0 Å². The third-order valence-corrected chi connectivity index (χ3v) is 4.16. The topological polar surface area (TPSA) is 70.2 Å². The van der Waals surface area contributed by atoms with Gasteiger partial charge in [0.2, 0.25) is 0 Å². The first-order chi connectivity index (χ1) is 10.5. The number of thiophene rings is 1. The molecule has 1 aromatic rings. The zero-order chi connectivity index (χ0) is 16.1. The highest BCUT2D eigenvalue weighted by atomic mass is 32.1. The Morgan fingerprint density at radius 3 is 2.59 bits per heavy atom. The maximum atomic E-state index is 12.3. The maximum Gasteiger partial charge on any atom is 0.335 e. The van der Waals surface area contributed by atoms with Crippen molar-refractivity contribution in [1.29, 1.82) is 0 Å². The van der Waals surface area contributed by atoms with E-state index in [1.54, 1.807) is 14.2 Å². The molecular weight excluding hydrogens is 306 g/mol. The summed E-state index contributed by atoms with van der Waals surface area (Å²) in [6, 6.07) is 3.12. The van der Waals surface area contributed by atoms with Gasteiger partial charge in [0.05, 0.1) is 13.2 Å². The summed E-state index contributed by atoms with van der Waals surface area (Å²) < 4.78 is 4.96. The van der Waals surface area contributed by atoms with Gasteiger partial charge in [-0.25, -0.2) is 9.69 Å². The van der Waals surface area contributed by atoms with E-state index in [1.807, 2.05) is 22.4 Å². The van der Waals surface area contributed by atoms with E-state index in [0.29, 0.717) is 13.2 Å². The monoisotopic (exact) mass is 325 g/mol. The average molecular weight is 325 g/mol. The van der Waals surface area contributed by atoms with E-state index in [4.69, 9.17) is 4.74 Å². The molecule has 120 valence electrons. The Morgan fingerprint density at radius 1 is 1.23 bits per heavy atom. The van der Waals surface area contributed by atoms with Crippen molar-refractivity contribution in [3.05, 3.63) is 22.4 Å². The second kappa shape index (κ2) is 7.48. The summed E-state index contributed by atoms with van der Waals surface area (Å²) in [5.74, 6) is -1.52. The Hall–Kier alpha value is -1.77.